The Hall–Kier alpha value is -1.37. The molecule has 0 fully saturated rings. The Kier molecular flexibility index (Phi) is 6.42. The fraction of sp³-hybridized carbons (Fsp3) is 0.471. The number of rotatable bonds is 6. The van der Waals surface area contributed by atoms with Gasteiger partial charge in [0, 0.05) is 17.8 Å². The van der Waals surface area contributed by atoms with Gasteiger partial charge in [-0.25, -0.2) is 0 Å². The Morgan fingerprint density at radius 3 is 2.61 bits per heavy atom. The summed E-state index contributed by atoms with van der Waals surface area (Å²) in [6, 6.07) is 6.14. The summed E-state index contributed by atoms with van der Waals surface area (Å²) in [5.74, 6) is 0.504. The van der Waals surface area contributed by atoms with Crippen molar-refractivity contribution in [1.29, 1.82) is 0 Å². The summed E-state index contributed by atoms with van der Waals surface area (Å²) in [5.41, 5.74) is 4.07. The van der Waals surface area contributed by atoms with E-state index >= 15 is 0 Å². The fourth-order valence-electron chi connectivity index (χ4n) is 1.86. The second kappa shape index (κ2) is 7.86. The second-order valence-corrected chi connectivity index (χ2v) is 5.26. The van der Waals surface area contributed by atoms with Gasteiger partial charge in [-0.3, -0.25) is 4.98 Å². The highest BCUT2D eigenvalue weighted by Crippen LogP contribution is 2.18. The molecule has 1 aromatic heterocycles. The largest absolute Gasteiger partial charge is 0.261 e. The van der Waals surface area contributed by atoms with Crippen molar-refractivity contribution in [2.75, 3.05) is 0 Å². The molecule has 0 aliphatic rings. The van der Waals surface area contributed by atoms with E-state index in [-0.39, 0.29) is 0 Å². The molecule has 0 aliphatic carbocycles. The predicted molar refractivity (Wildman–Crippen MR) is 79.7 cm³/mol. The van der Waals surface area contributed by atoms with Crippen LogP contribution in [0.15, 0.2) is 47.7 Å². The summed E-state index contributed by atoms with van der Waals surface area (Å²) in [7, 11) is 0. The number of allylic oxidation sites excluding steroid dienone is 4. The van der Waals surface area contributed by atoms with Crippen LogP contribution >= 0.6 is 0 Å². The summed E-state index contributed by atoms with van der Waals surface area (Å²) in [4.78, 5) is 4.40. The maximum Gasteiger partial charge on any atom is 0.0434 e. The van der Waals surface area contributed by atoms with Crippen molar-refractivity contribution in [3.05, 3.63) is 53.4 Å². The van der Waals surface area contributed by atoms with Crippen molar-refractivity contribution in [3.63, 3.8) is 0 Å². The first kappa shape index (κ1) is 14.7. The molecule has 0 radical (unpaired) electrons. The molecule has 1 heterocycles. The molecule has 0 saturated heterocycles. The van der Waals surface area contributed by atoms with Crippen LogP contribution < -0.4 is 0 Å². The number of hydrogen-bond acceptors (Lipinski definition) is 1. The van der Waals surface area contributed by atoms with E-state index in [9.17, 15) is 0 Å². The van der Waals surface area contributed by atoms with Crippen molar-refractivity contribution in [1.82, 2.24) is 4.98 Å². The van der Waals surface area contributed by atoms with E-state index in [4.69, 9.17) is 0 Å². The lowest BCUT2D eigenvalue weighted by atomic mass is 10.0. The minimum absolute atomic E-state index is 0.504. The standard InChI is InChI=1S/C17H25N/c1-14(2)8-7-9-15(3)11-12-16(4)17-10-5-6-13-18-17/h5-6,8,10-11,13,16H,7,9,12H2,1-4H3. The highest BCUT2D eigenvalue weighted by atomic mass is 14.7. The Bertz CT molecular complexity index is 397. The van der Waals surface area contributed by atoms with E-state index in [2.05, 4.69) is 57.0 Å². The third-order valence-electron chi connectivity index (χ3n) is 3.10. The van der Waals surface area contributed by atoms with Gasteiger partial charge >= 0.3 is 0 Å². The van der Waals surface area contributed by atoms with E-state index in [1.54, 1.807) is 0 Å². The van der Waals surface area contributed by atoms with Gasteiger partial charge in [0.2, 0.25) is 0 Å². The Balaban J connectivity index is 2.41. The SMILES string of the molecule is CC(C)=CCCC(C)=CCC(C)c1ccccn1. The van der Waals surface area contributed by atoms with Crippen LogP contribution in [0, 0.1) is 0 Å². The van der Waals surface area contributed by atoms with Gasteiger partial charge in [0.15, 0.2) is 0 Å². The number of aromatic nitrogens is 1. The molecule has 0 saturated carbocycles. The molecular formula is C17H25N. The topological polar surface area (TPSA) is 12.9 Å². The highest BCUT2D eigenvalue weighted by molar-refractivity contribution is 5.11. The third kappa shape index (κ3) is 5.81. The molecule has 1 rings (SSSR count). The fourth-order valence-corrected chi connectivity index (χ4v) is 1.86. The Morgan fingerprint density at radius 1 is 1.22 bits per heavy atom. The molecule has 1 heteroatoms. The smallest absolute Gasteiger partial charge is 0.0434 e. The van der Waals surface area contributed by atoms with Crippen LogP contribution in [0.2, 0.25) is 0 Å². The molecule has 1 atom stereocenters. The van der Waals surface area contributed by atoms with Gasteiger partial charge in [0.05, 0.1) is 0 Å². The first-order chi connectivity index (χ1) is 8.59. The minimum Gasteiger partial charge on any atom is -0.261 e. The molecule has 1 unspecified atom stereocenters. The molecule has 0 bridgehead atoms. The van der Waals surface area contributed by atoms with Crippen LogP contribution in [0.25, 0.3) is 0 Å². The molecule has 0 aliphatic heterocycles. The average molecular weight is 243 g/mol. The summed E-state index contributed by atoms with van der Waals surface area (Å²) in [6.45, 7) is 8.77. The van der Waals surface area contributed by atoms with E-state index in [0.717, 1.165) is 12.8 Å². The van der Waals surface area contributed by atoms with Crippen molar-refractivity contribution in [2.24, 2.45) is 0 Å². The molecule has 18 heavy (non-hydrogen) atoms. The number of hydrogen-bond donors (Lipinski definition) is 0. The van der Waals surface area contributed by atoms with Gasteiger partial charge in [-0.05, 0) is 52.2 Å². The molecular weight excluding hydrogens is 218 g/mol. The molecule has 0 spiro atoms. The zero-order valence-electron chi connectivity index (χ0n) is 12.1. The zero-order valence-corrected chi connectivity index (χ0v) is 12.1. The van der Waals surface area contributed by atoms with Crippen LogP contribution in [0.5, 0.6) is 0 Å². The quantitative estimate of drug-likeness (QED) is 0.620. The lowest BCUT2D eigenvalue weighted by molar-refractivity contribution is 0.742. The van der Waals surface area contributed by atoms with E-state index in [1.165, 1.54) is 23.3 Å². The van der Waals surface area contributed by atoms with Gasteiger partial charge in [-0.1, -0.05) is 36.3 Å². The van der Waals surface area contributed by atoms with E-state index < -0.39 is 0 Å². The maximum atomic E-state index is 4.40. The molecule has 0 amide bonds. The monoisotopic (exact) mass is 243 g/mol. The molecule has 0 aromatic carbocycles. The lowest BCUT2D eigenvalue weighted by Gasteiger charge is -2.08. The lowest BCUT2D eigenvalue weighted by Crippen LogP contribution is -1.95. The summed E-state index contributed by atoms with van der Waals surface area (Å²) >= 11 is 0. The van der Waals surface area contributed by atoms with Crippen LogP contribution in [0.1, 0.15) is 58.6 Å². The minimum atomic E-state index is 0.504. The van der Waals surface area contributed by atoms with E-state index in [1.807, 2.05) is 12.3 Å². The molecule has 1 nitrogen and oxygen atoms in total. The second-order valence-electron chi connectivity index (χ2n) is 5.26. The summed E-state index contributed by atoms with van der Waals surface area (Å²) < 4.78 is 0. The van der Waals surface area contributed by atoms with Crippen LogP contribution in [-0.2, 0) is 0 Å². The zero-order chi connectivity index (χ0) is 13.4. The van der Waals surface area contributed by atoms with Crippen molar-refractivity contribution in [2.45, 2.75) is 52.9 Å². The van der Waals surface area contributed by atoms with Crippen LogP contribution in [0.4, 0.5) is 0 Å². The van der Waals surface area contributed by atoms with Crippen molar-refractivity contribution >= 4 is 0 Å². The number of nitrogens with zero attached hydrogens (tertiary/aromatic N) is 1. The third-order valence-corrected chi connectivity index (χ3v) is 3.10. The first-order valence-electron chi connectivity index (χ1n) is 6.79. The van der Waals surface area contributed by atoms with Crippen molar-refractivity contribution < 1.29 is 0 Å². The van der Waals surface area contributed by atoms with Crippen molar-refractivity contribution in [3.8, 4) is 0 Å². The first-order valence-corrected chi connectivity index (χ1v) is 6.79. The Labute approximate surface area is 112 Å². The van der Waals surface area contributed by atoms with Gasteiger partial charge < -0.3 is 0 Å². The van der Waals surface area contributed by atoms with Gasteiger partial charge in [0.25, 0.3) is 0 Å². The number of pyridine rings is 1. The summed E-state index contributed by atoms with van der Waals surface area (Å²) in [5, 5.41) is 0. The normalized spacial score (nSPS) is 13.2. The van der Waals surface area contributed by atoms with Crippen LogP contribution in [-0.4, -0.2) is 4.98 Å². The predicted octanol–water partition coefficient (Wildman–Crippen LogP) is 5.27. The van der Waals surface area contributed by atoms with Gasteiger partial charge in [-0.15, -0.1) is 0 Å². The van der Waals surface area contributed by atoms with E-state index in [0.29, 0.717) is 5.92 Å². The van der Waals surface area contributed by atoms with Gasteiger partial charge in [0.1, 0.15) is 0 Å². The Morgan fingerprint density at radius 2 is 2.00 bits per heavy atom. The molecule has 98 valence electrons. The molecule has 0 N–H and O–H groups in total. The van der Waals surface area contributed by atoms with Crippen LogP contribution in [0.3, 0.4) is 0 Å². The maximum absolute atomic E-state index is 4.40. The highest BCUT2D eigenvalue weighted by Gasteiger charge is 2.04. The average Bonchev–Trinajstić information content (AvgIpc) is 2.36. The molecule has 1 aromatic rings. The van der Waals surface area contributed by atoms with Gasteiger partial charge in [-0.2, -0.15) is 0 Å². The summed E-state index contributed by atoms with van der Waals surface area (Å²) in [6.07, 6.45) is 9.94.